The zero-order chi connectivity index (χ0) is 11.1. The smallest absolute Gasteiger partial charge is 0.0487 e. The van der Waals surface area contributed by atoms with Crippen molar-refractivity contribution in [3.05, 3.63) is 0 Å². The van der Waals surface area contributed by atoms with Gasteiger partial charge >= 0.3 is 0 Å². The first-order chi connectivity index (χ1) is 7.23. The molecule has 3 heteroatoms. The fraction of sp³-hybridized carbons (Fsp3) is 1.00. The van der Waals surface area contributed by atoms with E-state index in [2.05, 4.69) is 6.92 Å². The molecule has 1 aliphatic carbocycles. The van der Waals surface area contributed by atoms with Crippen LogP contribution in [-0.4, -0.2) is 33.5 Å². The predicted molar refractivity (Wildman–Crippen MR) is 61.8 cm³/mol. The summed E-state index contributed by atoms with van der Waals surface area (Å²) in [7, 11) is 1.72. The van der Waals surface area contributed by atoms with Crippen LogP contribution >= 0.6 is 0 Å². The van der Waals surface area contributed by atoms with Crippen LogP contribution in [0.2, 0.25) is 0 Å². The molecule has 0 amide bonds. The van der Waals surface area contributed by atoms with E-state index < -0.39 is 0 Å². The molecule has 0 spiro atoms. The summed E-state index contributed by atoms with van der Waals surface area (Å²) in [6.45, 7) is 5.52. The molecule has 0 aromatic carbocycles. The number of hydrogen-bond acceptors (Lipinski definition) is 3. The molecule has 1 rings (SSSR count). The molecule has 0 aromatic heterocycles. The Kier molecular flexibility index (Phi) is 5.58. The monoisotopic (exact) mass is 215 g/mol. The van der Waals surface area contributed by atoms with E-state index in [9.17, 15) is 0 Å². The zero-order valence-corrected chi connectivity index (χ0v) is 10.1. The Labute approximate surface area is 93.3 Å². The SMILES string of the molecule is COCCCOCCC(C)(CN)C1CC1. The lowest BCUT2D eigenvalue weighted by molar-refractivity contribution is 0.0760. The van der Waals surface area contributed by atoms with Crippen LogP contribution in [0.25, 0.3) is 0 Å². The third kappa shape index (κ3) is 4.49. The molecule has 0 bridgehead atoms. The van der Waals surface area contributed by atoms with Crippen molar-refractivity contribution in [2.24, 2.45) is 17.1 Å². The van der Waals surface area contributed by atoms with Gasteiger partial charge in [0, 0.05) is 26.9 Å². The zero-order valence-electron chi connectivity index (χ0n) is 10.1. The van der Waals surface area contributed by atoms with Crippen LogP contribution in [-0.2, 0) is 9.47 Å². The summed E-state index contributed by atoms with van der Waals surface area (Å²) in [5.74, 6) is 0.852. The predicted octanol–water partition coefficient (Wildman–Crippen LogP) is 1.80. The van der Waals surface area contributed by atoms with Gasteiger partial charge in [0.1, 0.15) is 0 Å². The lowest BCUT2D eigenvalue weighted by atomic mass is 9.82. The largest absolute Gasteiger partial charge is 0.385 e. The summed E-state index contributed by atoms with van der Waals surface area (Å²) >= 11 is 0. The van der Waals surface area contributed by atoms with Crippen LogP contribution in [0, 0.1) is 11.3 Å². The van der Waals surface area contributed by atoms with Gasteiger partial charge in [-0.1, -0.05) is 6.92 Å². The highest BCUT2D eigenvalue weighted by Crippen LogP contribution is 2.46. The Morgan fingerprint density at radius 2 is 2.00 bits per heavy atom. The molecular weight excluding hydrogens is 190 g/mol. The average molecular weight is 215 g/mol. The Bertz CT molecular complexity index is 171. The minimum atomic E-state index is 0.321. The molecule has 1 atom stereocenters. The van der Waals surface area contributed by atoms with Crippen molar-refractivity contribution in [1.29, 1.82) is 0 Å². The summed E-state index contributed by atoms with van der Waals surface area (Å²) < 4.78 is 10.5. The Hall–Kier alpha value is -0.120. The van der Waals surface area contributed by atoms with E-state index in [1.165, 1.54) is 12.8 Å². The highest BCUT2D eigenvalue weighted by molar-refractivity contribution is 4.91. The van der Waals surface area contributed by atoms with E-state index in [4.69, 9.17) is 15.2 Å². The molecule has 1 aliphatic rings. The Morgan fingerprint density at radius 3 is 2.53 bits per heavy atom. The van der Waals surface area contributed by atoms with Crippen LogP contribution < -0.4 is 5.73 Å². The summed E-state index contributed by atoms with van der Waals surface area (Å²) in [5.41, 5.74) is 6.16. The van der Waals surface area contributed by atoms with Gasteiger partial charge < -0.3 is 15.2 Å². The second-order valence-corrected chi connectivity index (χ2v) is 4.84. The highest BCUT2D eigenvalue weighted by atomic mass is 16.5. The van der Waals surface area contributed by atoms with Crippen LogP contribution in [0.15, 0.2) is 0 Å². The first-order valence-corrected chi connectivity index (χ1v) is 5.99. The molecular formula is C12H25NO2. The molecule has 15 heavy (non-hydrogen) atoms. The van der Waals surface area contributed by atoms with Crippen LogP contribution in [0.1, 0.15) is 32.6 Å². The van der Waals surface area contributed by atoms with Gasteiger partial charge in [-0.3, -0.25) is 0 Å². The van der Waals surface area contributed by atoms with E-state index in [1.807, 2.05) is 0 Å². The maximum Gasteiger partial charge on any atom is 0.0487 e. The van der Waals surface area contributed by atoms with Crippen molar-refractivity contribution in [2.75, 3.05) is 33.5 Å². The Morgan fingerprint density at radius 1 is 1.27 bits per heavy atom. The van der Waals surface area contributed by atoms with E-state index in [1.54, 1.807) is 7.11 Å². The first kappa shape index (κ1) is 12.9. The normalized spacial score (nSPS) is 20.2. The second-order valence-electron chi connectivity index (χ2n) is 4.84. The van der Waals surface area contributed by atoms with Gasteiger partial charge in [-0.05, 0) is 43.6 Å². The average Bonchev–Trinajstić information content (AvgIpc) is 3.07. The minimum Gasteiger partial charge on any atom is -0.385 e. The topological polar surface area (TPSA) is 44.5 Å². The lowest BCUT2D eigenvalue weighted by Crippen LogP contribution is -2.30. The van der Waals surface area contributed by atoms with Crippen molar-refractivity contribution < 1.29 is 9.47 Å². The second kappa shape index (κ2) is 6.46. The van der Waals surface area contributed by atoms with Gasteiger partial charge in [0.05, 0.1) is 0 Å². The number of nitrogens with two attached hydrogens (primary N) is 1. The molecule has 90 valence electrons. The van der Waals surface area contributed by atoms with Crippen LogP contribution in [0.5, 0.6) is 0 Å². The van der Waals surface area contributed by atoms with Crippen LogP contribution in [0.4, 0.5) is 0 Å². The molecule has 3 nitrogen and oxygen atoms in total. The molecule has 1 saturated carbocycles. The van der Waals surface area contributed by atoms with Gasteiger partial charge in [0.2, 0.25) is 0 Å². The maximum absolute atomic E-state index is 5.83. The highest BCUT2D eigenvalue weighted by Gasteiger charge is 2.39. The molecule has 0 aliphatic heterocycles. The molecule has 2 N–H and O–H groups in total. The number of methoxy groups -OCH3 is 1. The number of ether oxygens (including phenoxy) is 2. The lowest BCUT2D eigenvalue weighted by Gasteiger charge is -2.27. The van der Waals surface area contributed by atoms with E-state index in [-0.39, 0.29) is 0 Å². The number of rotatable bonds is 9. The molecule has 1 fully saturated rings. The quantitative estimate of drug-likeness (QED) is 0.597. The van der Waals surface area contributed by atoms with Gasteiger partial charge in [-0.2, -0.15) is 0 Å². The van der Waals surface area contributed by atoms with Crippen molar-refractivity contribution in [3.63, 3.8) is 0 Å². The van der Waals surface area contributed by atoms with Crippen molar-refractivity contribution >= 4 is 0 Å². The standard InChI is InChI=1S/C12H25NO2/c1-12(10-13,11-4-5-11)6-9-15-8-3-7-14-2/h11H,3-10,13H2,1-2H3. The molecule has 0 saturated heterocycles. The first-order valence-electron chi connectivity index (χ1n) is 5.99. The summed E-state index contributed by atoms with van der Waals surface area (Å²) in [6, 6.07) is 0. The third-order valence-electron chi connectivity index (χ3n) is 3.48. The van der Waals surface area contributed by atoms with Gasteiger partial charge in [0.15, 0.2) is 0 Å². The van der Waals surface area contributed by atoms with Gasteiger partial charge in [-0.15, -0.1) is 0 Å². The number of hydrogen-bond donors (Lipinski definition) is 1. The van der Waals surface area contributed by atoms with Gasteiger partial charge in [0.25, 0.3) is 0 Å². The fourth-order valence-electron chi connectivity index (χ4n) is 1.97. The van der Waals surface area contributed by atoms with Crippen LogP contribution in [0.3, 0.4) is 0 Å². The molecule has 0 radical (unpaired) electrons. The van der Waals surface area contributed by atoms with E-state index >= 15 is 0 Å². The Balaban J connectivity index is 2.02. The minimum absolute atomic E-state index is 0.321. The summed E-state index contributed by atoms with van der Waals surface area (Å²) in [6.07, 6.45) is 4.80. The molecule has 1 unspecified atom stereocenters. The van der Waals surface area contributed by atoms with Crippen molar-refractivity contribution in [2.45, 2.75) is 32.6 Å². The summed E-state index contributed by atoms with van der Waals surface area (Å²) in [5, 5.41) is 0. The fourth-order valence-corrected chi connectivity index (χ4v) is 1.97. The third-order valence-corrected chi connectivity index (χ3v) is 3.48. The van der Waals surface area contributed by atoms with E-state index in [0.29, 0.717) is 5.41 Å². The molecule has 0 heterocycles. The van der Waals surface area contributed by atoms with Crippen molar-refractivity contribution in [1.82, 2.24) is 0 Å². The van der Waals surface area contributed by atoms with E-state index in [0.717, 1.165) is 45.1 Å². The maximum atomic E-state index is 5.83. The van der Waals surface area contributed by atoms with Gasteiger partial charge in [-0.25, -0.2) is 0 Å². The summed E-state index contributed by atoms with van der Waals surface area (Å²) in [4.78, 5) is 0. The van der Waals surface area contributed by atoms with Crippen molar-refractivity contribution in [3.8, 4) is 0 Å². The molecule has 0 aromatic rings.